The second-order valence-corrected chi connectivity index (χ2v) is 4.07. The third-order valence-electron chi connectivity index (χ3n) is 2.49. The summed E-state index contributed by atoms with van der Waals surface area (Å²) in [4.78, 5) is 19.5. The zero-order valence-corrected chi connectivity index (χ0v) is 11.3. The number of ether oxygens (including phenoxy) is 1. The van der Waals surface area contributed by atoms with Crippen molar-refractivity contribution in [2.75, 3.05) is 24.3 Å². The van der Waals surface area contributed by atoms with Crippen LogP contribution in [0.5, 0.6) is 0 Å². The summed E-state index contributed by atoms with van der Waals surface area (Å²) in [6, 6.07) is 2.12. The predicted octanol–water partition coefficient (Wildman–Crippen LogP) is 1.58. The molecule has 1 aromatic heterocycles. The molecule has 1 unspecified atom stereocenters. The number of hydrogen-bond donors (Lipinski definition) is 2. The third kappa shape index (κ3) is 4.57. The minimum Gasteiger partial charge on any atom is -0.468 e. The van der Waals surface area contributed by atoms with Crippen molar-refractivity contribution in [3.05, 3.63) is 11.9 Å². The molecule has 0 aromatic carbocycles. The Kier molecular flexibility index (Phi) is 5.35. The van der Waals surface area contributed by atoms with Gasteiger partial charge in [0.2, 0.25) is 0 Å². The molecule has 6 nitrogen and oxygen atoms in total. The van der Waals surface area contributed by atoms with E-state index in [2.05, 4.69) is 39.2 Å². The van der Waals surface area contributed by atoms with Crippen molar-refractivity contribution in [2.45, 2.75) is 33.2 Å². The van der Waals surface area contributed by atoms with Gasteiger partial charge in [-0.25, -0.2) is 9.97 Å². The molecular formula is C12H20N4O2. The van der Waals surface area contributed by atoms with Crippen molar-refractivity contribution in [2.24, 2.45) is 0 Å². The number of carbonyl (C=O) groups excluding carboxylic acids is 1. The van der Waals surface area contributed by atoms with Crippen LogP contribution in [0.15, 0.2) is 6.07 Å². The molecule has 0 bridgehead atoms. The van der Waals surface area contributed by atoms with Gasteiger partial charge in [0.25, 0.3) is 0 Å². The first-order valence-corrected chi connectivity index (χ1v) is 5.98. The van der Waals surface area contributed by atoms with Crippen LogP contribution >= 0.6 is 0 Å². The quantitative estimate of drug-likeness (QED) is 0.749. The number of nitrogens with zero attached hydrogens (tertiary/aromatic N) is 2. The highest BCUT2D eigenvalue weighted by Crippen LogP contribution is 2.12. The molecule has 6 heteroatoms. The molecular weight excluding hydrogens is 232 g/mol. The number of rotatable bonds is 6. The topological polar surface area (TPSA) is 76.1 Å². The second-order valence-electron chi connectivity index (χ2n) is 4.07. The van der Waals surface area contributed by atoms with E-state index in [9.17, 15) is 4.79 Å². The van der Waals surface area contributed by atoms with Gasteiger partial charge in [-0.1, -0.05) is 6.92 Å². The van der Waals surface area contributed by atoms with Crippen LogP contribution in [0.25, 0.3) is 0 Å². The lowest BCUT2D eigenvalue weighted by Crippen LogP contribution is -2.18. The number of hydrogen-bond acceptors (Lipinski definition) is 6. The van der Waals surface area contributed by atoms with Crippen LogP contribution in [0.4, 0.5) is 11.6 Å². The summed E-state index contributed by atoms with van der Waals surface area (Å²) in [7, 11) is 1.35. The molecule has 1 heterocycles. The van der Waals surface area contributed by atoms with Crippen molar-refractivity contribution in [1.29, 1.82) is 0 Å². The van der Waals surface area contributed by atoms with Crippen molar-refractivity contribution < 1.29 is 9.53 Å². The Morgan fingerprint density at radius 3 is 2.72 bits per heavy atom. The number of aryl methyl sites for hydroxylation is 1. The van der Waals surface area contributed by atoms with E-state index in [0.717, 1.165) is 12.2 Å². The van der Waals surface area contributed by atoms with Crippen molar-refractivity contribution >= 4 is 17.6 Å². The molecule has 0 aliphatic rings. The van der Waals surface area contributed by atoms with E-state index in [1.54, 1.807) is 6.07 Å². The predicted molar refractivity (Wildman–Crippen MR) is 70.7 cm³/mol. The lowest BCUT2D eigenvalue weighted by Gasteiger charge is -2.13. The summed E-state index contributed by atoms with van der Waals surface area (Å²) in [5.74, 6) is 1.68. The van der Waals surface area contributed by atoms with Gasteiger partial charge in [0, 0.05) is 12.1 Å². The molecule has 0 aliphatic carbocycles. The van der Waals surface area contributed by atoms with Crippen LogP contribution in [0.3, 0.4) is 0 Å². The van der Waals surface area contributed by atoms with E-state index >= 15 is 0 Å². The summed E-state index contributed by atoms with van der Waals surface area (Å²) in [6.07, 6.45) is 1.01. The molecule has 100 valence electrons. The standard InChI is InChI=1S/C12H20N4O2/c1-5-8(2)14-11-6-10(15-9(3)16-11)13-7-12(17)18-4/h6,8H,5,7H2,1-4H3,(H2,13,14,15,16). The summed E-state index contributed by atoms with van der Waals surface area (Å²) in [5.41, 5.74) is 0. The van der Waals surface area contributed by atoms with Crippen LogP contribution in [0.2, 0.25) is 0 Å². The van der Waals surface area contributed by atoms with Crippen molar-refractivity contribution in [1.82, 2.24) is 9.97 Å². The SMILES string of the molecule is CCC(C)Nc1cc(NCC(=O)OC)nc(C)n1. The second kappa shape index (κ2) is 6.78. The van der Waals surface area contributed by atoms with E-state index in [1.165, 1.54) is 7.11 Å². The van der Waals surface area contributed by atoms with Crippen LogP contribution in [0.1, 0.15) is 26.1 Å². The fourth-order valence-corrected chi connectivity index (χ4v) is 1.32. The van der Waals surface area contributed by atoms with Gasteiger partial charge in [-0.3, -0.25) is 4.79 Å². The first-order valence-electron chi connectivity index (χ1n) is 5.98. The van der Waals surface area contributed by atoms with E-state index in [4.69, 9.17) is 0 Å². The highest BCUT2D eigenvalue weighted by atomic mass is 16.5. The maximum atomic E-state index is 11.0. The molecule has 0 saturated carbocycles. The van der Waals surface area contributed by atoms with Gasteiger partial charge >= 0.3 is 5.97 Å². The molecule has 0 amide bonds. The average molecular weight is 252 g/mol. The Morgan fingerprint density at radius 2 is 2.11 bits per heavy atom. The molecule has 0 fully saturated rings. The van der Waals surface area contributed by atoms with Crippen molar-refractivity contribution in [3.63, 3.8) is 0 Å². The fourth-order valence-electron chi connectivity index (χ4n) is 1.32. The number of carbonyl (C=O) groups is 1. The fraction of sp³-hybridized carbons (Fsp3) is 0.583. The van der Waals surface area contributed by atoms with Gasteiger partial charge in [0.15, 0.2) is 0 Å². The molecule has 0 aliphatic heterocycles. The third-order valence-corrected chi connectivity index (χ3v) is 2.49. The Hall–Kier alpha value is -1.85. The highest BCUT2D eigenvalue weighted by Gasteiger charge is 2.06. The van der Waals surface area contributed by atoms with Gasteiger partial charge in [0.05, 0.1) is 7.11 Å². The van der Waals surface area contributed by atoms with Gasteiger partial charge in [-0.2, -0.15) is 0 Å². The minimum atomic E-state index is -0.331. The summed E-state index contributed by atoms with van der Waals surface area (Å²) in [5, 5.41) is 6.17. The van der Waals surface area contributed by atoms with Gasteiger partial charge in [-0.05, 0) is 20.3 Å². The summed E-state index contributed by atoms with van der Waals surface area (Å²) < 4.78 is 4.55. The lowest BCUT2D eigenvalue weighted by atomic mass is 10.2. The average Bonchev–Trinajstić information content (AvgIpc) is 2.35. The molecule has 1 rings (SSSR count). The van der Waals surface area contributed by atoms with E-state index in [1.807, 2.05) is 6.92 Å². The smallest absolute Gasteiger partial charge is 0.325 e. The molecule has 0 radical (unpaired) electrons. The van der Waals surface area contributed by atoms with Gasteiger partial charge in [0.1, 0.15) is 24.0 Å². The van der Waals surface area contributed by atoms with E-state index in [0.29, 0.717) is 17.7 Å². The number of nitrogens with one attached hydrogen (secondary N) is 2. The first-order chi connectivity index (χ1) is 8.55. The van der Waals surface area contributed by atoms with Gasteiger partial charge in [-0.15, -0.1) is 0 Å². The summed E-state index contributed by atoms with van der Waals surface area (Å²) in [6.45, 7) is 6.09. The zero-order valence-electron chi connectivity index (χ0n) is 11.3. The molecule has 1 atom stereocenters. The number of methoxy groups -OCH3 is 1. The maximum absolute atomic E-state index is 11.0. The zero-order chi connectivity index (χ0) is 13.5. The Morgan fingerprint density at radius 1 is 1.44 bits per heavy atom. The molecule has 2 N–H and O–H groups in total. The summed E-state index contributed by atoms with van der Waals surface area (Å²) >= 11 is 0. The van der Waals surface area contributed by atoms with E-state index in [-0.39, 0.29) is 12.5 Å². The molecule has 0 spiro atoms. The van der Waals surface area contributed by atoms with Crippen LogP contribution in [-0.2, 0) is 9.53 Å². The van der Waals surface area contributed by atoms with E-state index < -0.39 is 0 Å². The van der Waals surface area contributed by atoms with Crippen LogP contribution in [-0.4, -0.2) is 35.6 Å². The molecule has 0 saturated heterocycles. The minimum absolute atomic E-state index is 0.0930. The van der Waals surface area contributed by atoms with Gasteiger partial charge < -0.3 is 15.4 Å². The monoisotopic (exact) mass is 252 g/mol. The highest BCUT2D eigenvalue weighted by molar-refractivity contribution is 5.74. The normalized spacial score (nSPS) is 11.8. The van der Waals surface area contributed by atoms with Crippen LogP contribution in [0, 0.1) is 6.92 Å². The van der Waals surface area contributed by atoms with Crippen LogP contribution < -0.4 is 10.6 Å². The molecule has 18 heavy (non-hydrogen) atoms. The Labute approximate surface area is 107 Å². The van der Waals surface area contributed by atoms with Crippen molar-refractivity contribution in [3.8, 4) is 0 Å². The Balaban J connectivity index is 2.71. The number of aromatic nitrogens is 2. The first kappa shape index (κ1) is 14.2. The Bertz CT molecular complexity index is 409. The number of anilines is 2. The lowest BCUT2D eigenvalue weighted by molar-refractivity contribution is -0.138. The largest absolute Gasteiger partial charge is 0.468 e. The number of esters is 1. The molecule has 1 aromatic rings. The maximum Gasteiger partial charge on any atom is 0.325 e.